The normalized spacial score (nSPS) is 20.6. The third-order valence-corrected chi connectivity index (χ3v) is 3.94. The second-order valence-corrected chi connectivity index (χ2v) is 5.94. The number of aromatic nitrogens is 1. The van der Waals surface area contributed by atoms with Gasteiger partial charge in [-0.3, -0.25) is 0 Å². The van der Waals surface area contributed by atoms with Crippen molar-refractivity contribution in [3.63, 3.8) is 0 Å². The molecule has 19 heavy (non-hydrogen) atoms. The van der Waals surface area contributed by atoms with E-state index in [1.165, 1.54) is 0 Å². The second-order valence-electron chi connectivity index (χ2n) is 5.58. The van der Waals surface area contributed by atoms with Gasteiger partial charge in [0, 0.05) is 11.7 Å². The Hall–Kier alpha value is -0.775. The summed E-state index contributed by atoms with van der Waals surface area (Å²) in [7, 11) is -0.450. The first-order valence-corrected chi connectivity index (χ1v) is 6.78. The van der Waals surface area contributed by atoms with Crippen LogP contribution in [0.2, 0.25) is 5.15 Å². The SMILES string of the molecule is CCOc1cc(B2OC(C)(C)C(C)(C)O2)cnc1Cl. The van der Waals surface area contributed by atoms with Gasteiger partial charge in [0.05, 0.1) is 17.8 Å². The van der Waals surface area contributed by atoms with Gasteiger partial charge in [-0.1, -0.05) is 11.6 Å². The van der Waals surface area contributed by atoms with Crippen LogP contribution in [0, 0.1) is 0 Å². The molecular weight excluding hydrogens is 264 g/mol. The molecule has 0 aliphatic carbocycles. The summed E-state index contributed by atoms with van der Waals surface area (Å²) in [6, 6.07) is 1.82. The molecule has 1 aliphatic heterocycles. The maximum Gasteiger partial charge on any atom is 0.496 e. The largest absolute Gasteiger partial charge is 0.496 e. The lowest BCUT2D eigenvalue weighted by Gasteiger charge is -2.32. The second kappa shape index (κ2) is 4.96. The summed E-state index contributed by atoms with van der Waals surface area (Å²) in [5.41, 5.74) is 0.0677. The summed E-state index contributed by atoms with van der Waals surface area (Å²) in [4.78, 5) is 4.12. The lowest BCUT2D eigenvalue weighted by molar-refractivity contribution is 0.00578. The van der Waals surface area contributed by atoms with Crippen molar-refractivity contribution in [2.24, 2.45) is 0 Å². The van der Waals surface area contributed by atoms with Crippen molar-refractivity contribution in [1.29, 1.82) is 0 Å². The standard InChI is InChI=1S/C13H19BClNO3/c1-6-17-10-7-9(8-16-11(10)15)14-18-12(2,3)13(4,5)19-14/h7-8H,6H2,1-5H3. The molecule has 1 saturated heterocycles. The zero-order valence-electron chi connectivity index (χ0n) is 12.0. The van der Waals surface area contributed by atoms with E-state index >= 15 is 0 Å². The molecule has 1 aromatic heterocycles. The zero-order chi connectivity index (χ0) is 14.3. The Kier molecular flexibility index (Phi) is 3.82. The van der Waals surface area contributed by atoms with Gasteiger partial charge in [0.15, 0.2) is 10.9 Å². The van der Waals surface area contributed by atoms with E-state index in [0.29, 0.717) is 17.5 Å². The van der Waals surface area contributed by atoms with Gasteiger partial charge >= 0.3 is 7.12 Å². The van der Waals surface area contributed by atoms with Crippen LogP contribution in [0.1, 0.15) is 34.6 Å². The Morgan fingerprint density at radius 2 is 1.84 bits per heavy atom. The molecular formula is C13H19BClNO3. The van der Waals surface area contributed by atoms with Crippen molar-refractivity contribution in [2.75, 3.05) is 6.61 Å². The molecule has 0 N–H and O–H groups in total. The van der Waals surface area contributed by atoms with E-state index in [1.807, 2.05) is 40.7 Å². The van der Waals surface area contributed by atoms with E-state index in [9.17, 15) is 0 Å². The number of halogens is 1. The van der Waals surface area contributed by atoms with Gasteiger partial charge in [0.2, 0.25) is 0 Å². The number of hydrogen-bond donors (Lipinski definition) is 0. The summed E-state index contributed by atoms with van der Waals surface area (Å²) in [6.45, 7) is 10.5. The number of hydrogen-bond acceptors (Lipinski definition) is 4. The first-order chi connectivity index (χ1) is 8.77. The van der Waals surface area contributed by atoms with Crippen LogP contribution in [0.3, 0.4) is 0 Å². The van der Waals surface area contributed by atoms with E-state index < -0.39 is 7.12 Å². The summed E-state index contributed by atoms with van der Waals surface area (Å²) >= 11 is 5.98. The third kappa shape index (κ3) is 2.73. The summed E-state index contributed by atoms with van der Waals surface area (Å²) in [6.07, 6.45) is 1.66. The van der Waals surface area contributed by atoms with Crippen LogP contribution < -0.4 is 10.2 Å². The fourth-order valence-corrected chi connectivity index (χ4v) is 1.97. The van der Waals surface area contributed by atoms with Gasteiger partial charge in [-0.2, -0.15) is 0 Å². The first kappa shape index (κ1) is 14.6. The molecule has 6 heteroatoms. The highest BCUT2D eigenvalue weighted by Crippen LogP contribution is 2.36. The minimum absolute atomic E-state index is 0.349. The molecule has 0 saturated carbocycles. The van der Waals surface area contributed by atoms with Crippen LogP contribution in [-0.4, -0.2) is 29.9 Å². The number of nitrogens with zero attached hydrogens (tertiary/aromatic N) is 1. The molecule has 1 aromatic rings. The molecule has 104 valence electrons. The zero-order valence-corrected chi connectivity index (χ0v) is 12.7. The predicted molar refractivity (Wildman–Crippen MR) is 76.1 cm³/mol. The van der Waals surface area contributed by atoms with Gasteiger partial charge < -0.3 is 14.0 Å². The van der Waals surface area contributed by atoms with E-state index in [2.05, 4.69) is 4.98 Å². The van der Waals surface area contributed by atoms with E-state index in [0.717, 1.165) is 5.46 Å². The minimum atomic E-state index is -0.450. The van der Waals surface area contributed by atoms with Crippen molar-refractivity contribution in [3.05, 3.63) is 17.4 Å². The maximum atomic E-state index is 5.98. The van der Waals surface area contributed by atoms with Crippen LogP contribution in [-0.2, 0) is 9.31 Å². The molecule has 2 rings (SSSR count). The van der Waals surface area contributed by atoms with Crippen molar-refractivity contribution < 1.29 is 14.0 Å². The Labute approximate surface area is 119 Å². The van der Waals surface area contributed by atoms with E-state index in [1.54, 1.807) is 6.20 Å². The average Bonchev–Trinajstić information content (AvgIpc) is 2.51. The number of pyridine rings is 1. The van der Waals surface area contributed by atoms with Gasteiger partial charge in [0.25, 0.3) is 0 Å². The molecule has 2 heterocycles. The molecule has 0 spiro atoms. The van der Waals surface area contributed by atoms with Crippen LogP contribution in [0.25, 0.3) is 0 Å². The lowest BCUT2D eigenvalue weighted by Crippen LogP contribution is -2.41. The minimum Gasteiger partial charge on any atom is -0.491 e. The van der Waals surface area contributed by atoms with Crippen LogP contribution in [0.4, 0.5) is 0 Å². The summed E-state index contributed by atoms with van der Waals surface area (Å²) < 4.78 is 17.4. The highest BCUT2D eigenvalue weighted by molar-refractivity contribution is 6.62. The smallest absolute Gasteiger partial charge is 0.491 e. The van der Waals surface area contributed by atoms with Crippen molar-refractivity contribution in [1.82, 2.24) is 4.98 Å². The molecule has 0 unspecified atom stereocenters. The molecule has 0 aromatic carbocycles. The van der Waals surface area contributed by atoms with Crippen molar-refractivity contribution in [3.8, 4) is 5.75 Å². The first-order valence-electron chi connectivity index (χ1n) is 6.41. The maximum absolute atomic E-state index is 5.98. The summed E-state index contributed by atoms with van der Waals surface area (Å²) in [5.74, 6) is 0.552. The van der Waals surface area contributed by atoms with Crippen LogP contribution in [0.5, 0.6) is 5.75 Å². The Morgan fingerprint density at radius 1 is 1.26 bits per heavy atom. The van der Waals surface area contributed by atoms with E-state index in [4.69, 9.17) is 25.6 Å². The highest BCUT2D eigenvalue weighted by Gasteiger charge is 2.51. The van der Waals surface area contributed by atoms with Crippen molar-refractivity contribution >= 4 is 24.2 Å². The lowest BCUT2D eigenvalue weighted by atomic mass is 9.80. The number of rotatable bonds is 3. The third-order valence-electron chi connectivity index (χ3n) is 3.65. The van der Waals surface area contributed by atoms with Gasteiger partial charge in [-0.15, -0.1) is 0 Å². The van der Waals surface area contributed by atoms with Gasteiger partial charge in [0.1, 0.15) is 0 Å². The Morgan fingerprint density at radius 3 is 2.37 bits per heavy atom. The molecule has 1 aliphatic rings. The van der Waals surface area contributed by atoms with E-state index in [-0.39, 0.29) is 11.2 Å². The fraction of sp³-hybridized carbons (Fsp3) is 0.615. The monoisotopic (exact) mass is 283 g/mol. The van der Waals surface area contributed by atoms with Crippen molar-refractivity contribution in [2.45, 2.75) is 45.8 Å². The number of ether oxygens (including phenoxy) is 1. The predicted octanol–water partition coefficient (Wildman–Crippen LogP) is 2.43. The summed E-state index contributed by atoms with van der Waals surface area (Å²) in [5, 5.41) is 0.349. The highest BCUT2D eigenvalue weighted by atomic mass is 35.5. The topological polar surface area (TPSA) is 40.6 Å². The molecule has 0 radical (unpaired) electrons. The quantitative estimate of drug-likeness (QED) is 0.631. The Balaban J connectivity index is 2.27. The molecule has 0 bridgehead atoms. The van der Waals surface area contributed by atoms with Crippen LogP contribution in [0.15, 0.2) is 12.3 Å². The molecule has 0 amide bonds. The molecule has 0 atom stereocenters. The molecule has 1 fully saturated rings. The van der Waals surface area contributed by atoms with Gasteiger partial charge in [-0.05, 0) is 40.7 Å². The fourth-order valence-electron chi connectivity index (χ4n) is 1.81. The molecule has 4 nitrogen and oxygen atoms in total. The Bertz CT molecular complexity index is 463. The van der Waals surface area contributed by atoms with Crippen LogP contribution >= 0.6 is 11.6 Å². The van der Waals surface area contributed by atoms with Gasteiger partial charge in [-0.25, -0.2) is 4.98 Å². The average molecular weight is 284 g/mol.